The normalized spacial score (nSPS) is 12.8. The Labute approximate surface area is 110 Å². The van der Waals surface area contributed by atoms with Crippen LogP contribution >= 0.6 is 0 Å². The van der Waals surface area contributed by atoms with Gasteiger partial charge in [0.05, 0.1) is 11.6 Å². The average Bonchev–Trinajstić information content (AvgIpc) is 2.67. The van der Waals surface area contributed by atoms with E-state index in [-0.39, 0.29) is 5.91 Å². The van der Waals surface area contributed by atoms with Crippen molar-refractivity contribution in [1.29, 1.82) is 0 Å². The van der Waals surface area contributed by atoms with E-state index in [1.54, 1.807) is 18.2 Å². The van der Waals surface area contributed by atoms with Crippen molar-refractivity contribution in [2.45, 2.75) is 26.3 Å². The number of rotatable bonds is 4. The standard InChI is InChI=1S/C13H17N3O3/c1-7(2)5-9(14)12(17)15-8-3-4-11-10(6-8)16-13(18)19-11/h3-4,6-7,9H,5,14H2,1-2H3,(H,15,17)(H,16,18). The second-order valence-corrected chi connectivity index (χ2v) is 4.95. The third kappa shape index (κ3) is 3.23. The van der Waals surface area contributed by atoms with Crippen molar-refractivity contribution < 1.29 is 9.21 Å². The van der Waals surface area contributed by atoms with Crippen molar-refractivity contribution >= 4 is 22.7 Å². The predicted octanol–water partition coefficient (Wildman–Crippen LogP) is 1.43. The van der Waals surface area contributed by atoms with E-state index in [1.165, 1.54) is 0 Å². The third-order valence-corrected chi connectivity index (χ3v) is 2.75. The molecule has 4 N–H and O–H groups in total. The molecule has 1 unspecified atom stereocenters. The van der Waals surface area contributed by atoms with Crippen LogP contribution < -0.4 is 16.8 Å². The summed E-state index contributed by atoms with van der Waals surface area (Å²) in [5.41, 5.74) is 7.37. The van der Waals surface area contributed by atoms with Gasteiger partial charge in [-0.2, -0.15) is 0 Å². The summed E-state index contributed by atoms with van der Waals surface area (Å²) in [6, 6.07) is 4.38. The maximum atomic E-state index is 11.9. The molecule has 0 aliphatic carbocycles. The molecule has 6 heteroatoms. The highest BCUT2D eigenvalue weighted by atomic mass is 16.4. The van der Waals surface area contributed by atoms with Crippen LogP contribution in [0, 0.1) is 5.92 Å². The van der Waals surface area contributed by atoms with Gasteiger partial charge in [0.25, 0.3) is 0 Å². The molecule has 2 rings (SSSR count). The molecule has 0 aliphatic heterocycles. The highest BCUT2D eigenvalue weighted by Crippen LogP contribution is 2.16. The number of nitrogens with one attached hydrogen (secondary N) is 2. The fourth-order valence-electron chi connectivity index (χ4n) is 1.88. The summed E-state index contributed by atoms with van der Waals surface area (Å²) in [7, 11) is 0. The SMILES string of the molecule is CC(C)CC(N)C(=O)Nc1ccc2oc(=O)[nH]c2c1. The second-order valence-electron chi connectivity index (χ2n) is 4.95. The van der Waals surface area contributed by atoms with E-state index in [1.807, 2.05) is 13.8 Å². The molecule has 19 heavy (non-hydrogen) atoms. The van der Waals surface area contributed by atoms with Crippen molar-refractivity contribution in [3.05, 3.63) is 28.7 Å². The fourth-order valence-corrected chi connectivity index (χ4v) is 1.88. The number of hydrogen-bond donors (Lipinski definition) is 3. The number of amides is 1. The minimum Gasteiger partial charge on any atom is -0.408 e. The van der Waals surface area contributed by atoms with E-state index in [9.17, 15) is 9.59 Å². The highest BCUT2D eigenvalue weighted by Gasteiger charge is 2.15. The number of oxazole rings is 1. The molecular formula is C13H17N3O3. The van der Waals surface area contributed by atoms with E-state index in [2.05, 4.69) is 10.3 Å². The van der Waals surface area contributed by atoms with Crippen molar-refractivity contribution in [2.24, 2.45) is 11.7 Å². The van der Waals surface area contributed by atoms with Crippen LogP contribution in [0.1, 0.15) is 20.3 Å². The molecule has 1 heterocycles. The fraction of sp³-hybridized carbons (Fsp3) is 0.385. The molecule has 1 atom stereocenters. The Hall–Kier alpha value is -2.08. The lowest BCUT2D eigenvalue weighted by Gasteiger charge is -2.14. The Morgan fingerprint density at radius 3 is 2.89 bits per heavy atom. The van der Waals surface area contributed by atoms with Gasteiger partial charge < -0.3 is 15.5 Å². The summed E-state index contributed by atoms with van der Waals surface area (Å²) in [6.07, 6.45) is 0.622. The Morgan fingerprint density at radius 2 is 2.21 bits per heavy atom. The molecular weight excluding hydrogens is 246 g/mol. The quantitative estimate of drug-likeness (QED) is 0.776. The van der Waals surface area contributed by atoms with Gasteiger partial charge >= 0.3 is 5.76 Å². The van der Waals surface area contributed by atoms with Crippen LogP contribution in [-0.4, -0.2) is 16.9 Å². The van der Waals surface area contributed by atoms with Crippen LogP contribution in [0.5, 0.6) is 0 Å². The maximum Gasteiger partial charge on any atom is 0.417 e. The Bertz CT molecular complexity index is 642. The largest absolute Gasteiger partial charge is 0.417 e. The molecule has 1 amide bonds. The monoisotopic (exact) mass is 263 g/mol. The molecule has 0 bridgehead atoms. The van der Waals surface area contributed by atoms with Gasteiger partial charge in [0, 0.05) is 5.69 Å². The maximum absolute atomic E-state index is 11.9. The van der Waals surface area contributed by atoms with Crippen LogP contribution in [0.25, 0.3) is 11.1 Å². The summed E-state index contributed by atoms with van der Waals surface area (Å²) >= 11 is 0. The van der Waals surface area contributed by atoms with Crippen molar-refractivity contribution in [2.75, 3.05) is 5.32 Å². The van der Waals surface area contributed by atoms with Gasteiger partial charge in [0.1, 0.15) is 0 Å². The number of nitrogens with two attached hydrogens (primary N) is 1. The minimum atomic E-state index is -0.543. The van der Waals surface area contributed by atoms with Crippen LogP contribution in [0.15, 0.2) is 27.4 Å². The average molecular weight is 263 g/mol. The summed E-state index contributed by atoms with van der Waals surface area (Å²) in [4.78, 5) is 25.4. The van der Waals surface area contributed by atoms with Crippen LogP contribution in [0.2, 0.25) is 0 Å². The first-order valence-electron chi connectivity index (χ1n) is 6.15. The minimum absolute atomic E-state index is 0.237. The van der Waals surface area contributed by atoms with Gasteiger partial charge in [0.2, 0.25) is 5.91 Å². The highest BCUT2D eigenvalue weighted by molar-refractivity contribution is 5.96. The van der Waals surface area contributed by atoms with Gasteiger partial charge in [-0.1, -0.05) is 13.8 Å². The first-order chi connectivity index (χ1) is 8.95. The zero-order chi connectivity index (χ0) is 14.0. The number of aromatic nitrogens is 1. The molecule has 0 radical (unpaired) electrons. The van der Waals surface area contributed by atoms with E-state index in [0.717, 1.165) is 0 Å². The van der Waals surface area contributed by atoms with Crippen LogP contribution in [0.4, 0.5) is 5.69 Å². The Kier molecular flexibility index (Phi) is 3.71. The van der Waals surface area contributed by atoms with E-state index in [4.69, 9.17) is 10.2 Å². The lowest BCUT2D eigenvalue weighted by Crippen LogP contribution is -2.36. The molecule has 0 saturated heterocycles. The number of anilines is 1. The first-order valence-corrected chi connectivity index (χ1v) is 6.15. The molecule has 0 aliphatic rings. The second kappa shape index (κ2) is 5.27. The lowest BCUT2D eigenvalue weighted by molar-refractivity contribution is -0.117. The van der Waals surface area contributed by atoms with Gasteiger partial charge in [-0.25, -0.2) is 4.79 Å². The Balaban J connectivity index is 2.12. The summed E-state index contributed by atoms with van der Waals surface area (Å²) in [5, 5.41) is 2.72. The van der Waals surface area contributed by atoms with Gasteiger partial charge in [-0.15, -0.1) is 0 Å². The number of carbonyl (C=O) groups excluding carboxylic acids is 1. The van der Waals surface area contributed by atoms with Crippen molar-refractivity contribution in [3.8, 4) is 0 Å². The molecule has 0 spiro atoms. The predicted molar refractivity (Wildman–Crippen MR) is 72.9 cm³/mol. The van der Waals surface area contributed by atoms with Gasteiger partial charge in [-0.05, 0) is 30.5 Å². The first kappa shape index (κ1) is 13.4. The molecule has 2 aromatic rings. The zero-order valence-electron chi connectivity index (χ0n) is 10.9. The molecule has 0 saturated carbocycles. The van der Waals surface area contributed by atoms with E-state index < -0.39 is 11.8 Å². The van der Waals surface area contributed by atoms with Crippen molar-refractivity contribution in [3.63, 3.8) is 0 Å². The van der Waals surface area contributed by atoms with E-state index >= 15 is 0 Å². The number of fused-ring (bicyclic) bond motifs is 1. The number of benzene rings is 1. The molecule has 1 aromatic carbocycles. The zero-order valence-corrected chi connectivity index (χ0v) is 10.9. The molecule has 102 valence electrons. The summed E-state index contributed by atoms with van der Waals surface area (Å²) in [6.45, 7) is 4.02. The van der Waals surface area contributed by atoms with Gasteiger partial charge in [0.15, 0.2) is 5.58 Å². The molecule has 6 nitrogen and oxygen atoms in total. The summed E-state index contributed by atoms with van der Waals surface area (Å²) in [5.74, 6) is -0.401. The topological polar surface area (TPSA) is 101 Å². The summed E-state index contributed by atoms with van der Waals surface area (Å²) < 4.78 is 4.88. The smallest absolute Gasteiger partial charge is 0.408 e. The number of aromatic amines is 1. The van der Waals surface area contributed by atoms with Crippen LogP contribution in [-0.2, 0) is 4.79 Å². The van der Waals surface area contributed by atoms with E-state index in [0.29, 0.717) is 29.1 Å². The molecule has 1 aromatic heterocycles. The number of H-pyrrole nitrogens is 1. The third-order valence-electron chi connectivity index (χ3n) is 2.75. The number of carbonyl (C=O) groups is 1. The lowest BCUT2D eigenvalue weighted by atomic mass is 10.0. The van der Waals surface area contributed by atoms with Crippen molar-refractivity contribution in [1.82, 2.24) is 4.98 Å². The number of hydrogen-bond acceptors (Lipinski definition) is 4. The van der Waals surface area contributed by atoms with Gasteiger partial charge in [-0.3, -0.25) is 9.78 Å². The van der Waals surface area contributed by atoms with Crippen LogP contribution in [0.3, 0.4) is 0 Å². The Morgan fingerprint density at radius 1 is 1.47 bits per heavy atom. The molecule has 0 fully saturated rings.